The molecule has 1 aliphatic heterocycles. The van der Waals surface area contributed by atoms with Gasteiger partial charge in [0.15, 0.2) is 0 Å². The topological polar surface area (TPSA) is 66.8 Å². The molecule has 1 aliphatic rings. The number of hydrogen-bond donors (Lipinski definition) is 1. The van der Waals surface area contributed by atoms with Gasteiger partial charge in [-0.3, -0.25) is 9.45 Å². The monoisotopic (exact) mass is 367 g/mol. The van der Waals surface area contributed by atoms with Crippen molar-refractivity contribution in [3.05, 3.63) is 28.2 Å². The van der Waals surface area contributed by atoms with Gasteiger partial charge in [-0.15, -0.1) is 0 Å². The van der Waals surface area contributed by atoms with E-state index in [1.54, 1.807) is 18.2 Å². The van der Waals surface area contributed by atoms with Crippen LogP contribution in [0, 0.1) is 0 Å². The van der Waals surface area contributed by atoms with Crippen molar-refractivity contribution >= 4 is 33.3 Å². The van der Waals surface area contributed by atoms with Gasteiger partial charge in [0.1, 0.15) is 11.9 Å². The van der Waals surface area contributed by atoms with Crippen molar-refractivity contribution in [3.63, 3.8) is 0 Å². The molecule has 0 aromatic heterocycles. The summed E-state index contributed by atoms with van der Waals surface area (Å²) in [4.78, 5) is 2.04. The summed E-state index contributed by atoms with van der Waals surface area (Å²) in [6.45, 7) is 3.08. The third-order valence-corrected chi connectivity index (χ3v) is 5.23. The van der Waals surface area contributed by atoms with Crippen LogP contribution in [0.1, 0.15) is 19.8 Å². The second kappa shape index (κ2) is 7.36. The van der Waals surface area contributed by atoms with Gasteiger partial charge in [-0.2, -0.15) is 8.42 Å². The average Bonchev–Trinajstić information content (AvgIpc) is 2.41. The second-order valence-corrected chi connectivity index (χ2v) is 7.90. The summed E-state index contributed by atoms with van der Waals surface area (Å²) < 4.78 is 36.4. The predicted molar refractivity (Wildman–Crippen MR) is 87.6 cm³/mol. The highest BCUT2D eigenvalue weighted by molar-refractivity contribution is 7.85. The highest BCUT2D eigenvalue weighted by atomic mass is 35.5. The molecule has 124 valence electrons. The molecule has 2 atom stereocenters. The summed E-state index contributed by atoms with van der Waals surface area (Å²) >= 11 is 11.8. The van der Waals surface area contributed by atoms with Crippen LogP contribution in [0.3, 0.4) is 0 Å². The Morgan fingerprint density at radius 2 is 2.09 bits per heavy atom. The largest absolute Gasteiger partial charge is 0.490 e. The minimum absolute atomic E-state index is 0.0502. The molecule has 0 radical (unpaired) electrons. The highest BCUT2D eigenvalue weighted by Gasteiger charge is 2.27. The predicted octanol–water partition coefficient (Wildman–Crippen LogP) is 3.11. The Hall–Kier alpha value is -0.530. The van der Waals surface area contributed by atoms with Crippen LogP contribution in [-0.4, -0.2) is 48.9 Å². The first-order valence-corrected chi connectivity index (χ1v) is 9.42. The fourth-order valence-corrected chi connectivity index (χ4v) is 3.35. The fraction of sp³-hybridized carbons (Fsp3) is 0.571. The molecule has 0 saturated carbocycles. The maximum atomic E-state index is 10.8. The first kappa shape index (κ1) is 17.8. The van der Waals surface area contributed by atoms with Crippen LogP contribution >= 0.6 is 23.2 Å². The molecule has 0 aliphatic carbocycles. The van der Waals surface area contributed by atoms with Crippen LogP contribution < -0.4 is 4.74 Å². The minimum atomic E-state index is -3.92. The molecule has 8 heteroatoms. The summed E-state index contributed by atoms with van der Waals surface area (Å²) in [5, 5.41) is 0.945. The smallest absolute Gasteiger partial charge is 0.266 e. The number of ether oxygens (including phenoxy) is 1. The zero-order valence-electron chi connectivity index (χ0n) is 12.2. The lowest BCUT2D eigenvalue weighted by Crippen LogP contribution is -2.46. The Balaban J connectivity index is 1.88. The summed E-state index contributed by atoms with van der Waals surface area (Å²) in [6, 6.07) is 5.36. The zero-order valence-corrected chi connectivity index (χ0v) is 14.5. The normalized spacial score (nSPS) is 23.5. The minimum Gasteiger partial charge on any atom is -0.490 e. The summed E-state index contributed by atoms with van der Waals surface area (Å²) in [5.41, 5.74) is 0. The average molecular weight is 368 g/mol. The molecule has 1 aromatic rings. The third-order valence-electron chi connectivity index (χ3n) is 3.80. The number of halogens is 2. The van der Waals surface area contributed by atoms with Crippen molar-refractivity contribution < 1.29 is 17.7 Å². The molecule has 22 heavy (non-hydrogen) atoms. The molecule has 0 amide bonds. The molecule has 2 unspecified atom stereocenters. The second-order valence-electron chi connectivity index (χ2n) is 5.51. The number of benzene rings is 1. The number of piperidine rings is 1. The zero-order chi connectivity index (χ0) is 16.3. The number of rotatable bonds is 5. The maximum absolute atomic E-state index is 10.8. The van der Waals surface area contributed by atoms with Crippen molar-refractivity contribution in [2.24, 2.45) is 0 Å². The Kier molecular flexibility index (Phi) is 5.96. The standard InChI is InChI=1S/C14H19Cl2NO4S/c1-10-8-12(4-5-17(10)6-7-22(18,19)20)21-11-2-3-13(15)14(16)9-11/h2-3,9-10,12H,4-8H2,1H3,(H,18,19,20). The molecule has 1 heterocycles. The Bertz CT molecular complexity index is 623. The lowest BCUT2D eigenvalue weighted by molar-refractivity contribution is 0.0669. The van der Waals surface area contributed by atoms with Crippen molar-refractivity contribution in [1.82, 2.24) is 4.90 Å². The first-order valence-electron chi connectivity index (χ1n) is 7.05. The molecule has 1 fully saturated rings. The Labute approximate surface area is 140 Å². The van der Waals surface area contributed by atoms with Crippen LogP contribution in [0.2, 0.25) is 10.0 Å². The number of nitrogens with zero attached hydrogens (tertiary/aromatic N) is 1. The van der Waals surface area contributed by atoms with Crippen LogP contribution in [0.5, 0.6) is 5.75 Å². The van der Waals surface area contributed by atoms with Crippen molar-refractivity contribution in [2.75, 3.05) is 18.8 Å². The molecular formula is C14H19Cl2NO4S. The first-order chi connectivity index (χ1) is 10.2. The van der Waals surface area contributed by atoms with E-state index in [-0.39, 0.29) is 17.9 Å². The van der Waals surface area contributed by atoms with E-state index < -0.39 is 10.1 Å². The molecule has 2 rings (SSSR count). The lowest BCUT2D eigenvalue weighted by atomic mass is 10.0. The molecule has 0 bridgehead atoms. The van der Waals surface area contributed by atoms with Crippen LogP contribution in [0.25, 0.3) is 0 Å². The van der Waals surface area contributed by atoms with E-state index in [4.69, 9.17) is 32.5 Å². The SMILES string of the molecule is CC1CC(Oc2ccc(Cl)c(Cl)c2)CCN1CCS(=O)(=O)O. The third kappa shape index (κ3) is 5.28. The summed E-state index contributed by atoms with van der Waals surface area (Å²) in [6.07, 6.45) is 1.62. The Morgan fingerprint density at radius 1 is 1.36 bits per heavy atom. The lowest BCUT2D eigenvalue weighted by Gasteiger charge is -2.37. The van der Waals surface area contributed by atoms with E-state index in [9.17, 15) is 8.42 Å². The van der Waals surface area contributed by atoms with Gasteiger partial charge in [0, 0.05) is 25.2 Å². The van der Waals surface area contributed by atoms with Gasteiger partial charge in [-0.25, -0.2) is 0 Å². The van der Waals surface area contributed by atoms with Crippen molar-refractivity contribution in [3.8, 4) is 5.75 Å². The van der Waals surface area contributed by atoms with Crippen molar-refractivity contribution in [2.45, 2.75) is 31.9 Å². The highest BCUT2D eigenvalue weighted by Crippen LogP contribution is 2.29. The fourth-order valence-electron chi connectivity index (χ4n) is 2.59. The van der Waals surface area contributed by atoms with Gasteiger partial charge in [-0.1, -0.05) is 23.2 Å². The Morgan fingerprint density at radius 3 is 2.68 bits per heavy atom. The summed E-state index contributed by atoms with van der Waals surface area (Å²) in [7, 11) is -3.92. The quantitative estimate of drug-likeness (QED) is 0.809. The molecule has 5 nitrogen and oxygen atoms in total. The van der Waals surface area contributed by atoms with Gasteiger partial charge in [0.2, 0.25) is 0 Å². The van der Waals surface area contributed by atoms with Crippen molar-refractivity contribution in [1.29, 1.82) is 0 Å². The van der Waals surface area contributed by atoms with E-state index in [2.05, 4.69) is 0 Å². The molecular weight excluding hydrogens is 349 g/mol. The molecule has 1 N–H and O–H groups in total. The van der Waals surface area contributed by atoms with Gasteiger partial charge in [-0.05, 0) is 31.9 Å². The van der Waals surface area contributed by atoms with E-state index in [0.29, 0.717) is 22.3 Å². The van der Waals surface area contributed by atoms with Gasteiger partial charge in [0.25, 0.3) is 10.1 Å². The molecule has 0 spiro atoms. The van der Waals surface area contributed by atoms with Gasteiger partial charge >= 0.3 is 0 Å². The van der Waals surface area contributed by atoms with E-state index in [1.165, 1.54) is 0 Å². The van der Waals surface area contributed by atoms with E-state index in [0.717, 1.165) is 19.4 Å². The van der Waals surface area contributed by atoms with Crippen LogP contribution in [0.4, 0.5) is 0 Å². The van der Waals surface area contributed by atoms with Crippen LogP contribution in [-0.2, 0) is 10.1 Å². The van der Waals surface area contributed by atoms with E-state index in [1.807, 2.05) is 11.8 Å². The number of likely N-dealkylation sites (tertiary alicyclic amines) is 1. The van der Waals surface area contributed by atoms with E-state index >= 15 is 0 Å². The summed E-state index contributed by atoms with van der Waals surface area (Å²) in [5.74, 6) is 0.438. The van der Waals surface area contributed by atoms with Gasteiger partial charge in [0.05, 0.1) is 15.8 Å². The number of hydrogen-bond acceptors (Lipinski definition) is 4. The van der Waals surface area contributed by atoms with Crippen LogP contribution in [0.15, 0.2) is 18.2 Å². The molecule has 1 aromatic carbocycles. The maximum Gasteiger partial charge on any atom is 0.266 e. The van der Waals surface area contributed by atoms with Gasteiger partial charge < -0.3 is 4.74 Å². The molecule has 1 saturated heterocycles.